The molecule has 1 aromatic heterocycles. The molecule has 8 nitrogen and oxygen atoms in total. The Bertz CT molecular complexity index is 1560. The zero-order valence-corrected chi connectivity index (χ0v) is 26.0. The smallest absolute Gasteiger partial charge is 0.267 e. The number of rotatable bonds is 15. The lowest BCUT2D eigenvalue weighted by atomic mass is 10.0. The third kappa shape index (κ3) is 7.69. The second-order valence-corrected chi connectivity index (χ2v) is 11.3. The number of carbonyl (C=O) groups is 1. The maximum absolute atomic E-state index is 11.5. The predicted molar refractivity (Wildman–Crippen MR) is 175 cm³/mol. The molecule has 1 heterocycles. The monoisotopic (exact) mass is 596 g/mol. The fourth-order valence-electron chi connectivity index (χ4n) is 6.17. The molecule has 1 atom stereocenters. The van der Waals surface area contributed by atoms with Crippen molar-refractivity contribution in [2.75, 3.05) is 39.9 Å². The molecule has 3 aromatic carbocycles. The Labute approximate surface area is 260 Å². The molecular formula is C36H44N4O4. The number of aromatic nitrogens is 1. The van der Waals surface area contributed by atoms with E-state index < -0.39 is 5.91 Å². The number of H-pyrrole nitrogens is 1. The number of carbonyl (C=O) groups excluding carboxylic acids is 1. The molecule has 0 fully saturated rings. The fourth-order valence-corrected chi connectivity index (χ4v) is 6.17. The molecule has 3 N–H and O–H groups in total. The summed E-state index contributed by atoms with van der Waals surface area (Å²) in [6, 6.07) is 21.5. The quantitative estimate of drug-likeness (QED) is 0.0867. The molecule has 0 saturated carbocycles. The number of hydrogen-bond acceptors (Lipinski definition) is 6. The zero-order chi connectivity index (χ0) is 30.9. The van der Waals surface area contributed by atoms with E-state index in [0.29, 0.717) is 12.6 Å². The van der Waals surface area contributed by atoms with Crippen molar-refractivity contribution in [3.05, 3.63) is 101 Å². The number of nitrogens with zero attached hydrogens (tertiary/aromatic N) is 2. The number of methoxy groups -OCH3 is 1. The van der Waals surface area contributed by atoms with Gasteiger partial charge in [-0.2, -0.15) is 0 Å². The summed E-state index contributed by atoms with van der Waals surface area (Å²) in [5.74, 6) is 1.22. The topological polar surface area (TPSA) is 90.1 Å². The fraction of sp³-hybridized carbons (Fsp3) is 0.361. The summed E-state index contributed by atoms with van der Waals surface area (Å²) in [6.07, 6.45) is 8.13. The van der Waals surface area contributed by atoms with Gasteiger partial charge in [0.25, 0.3) is 5.91 Å². The number of hydroxylamine groups is 1. The molecular weight excluding hydrogens is 552 g/mol. The van der Waals surface area contributed by atoms with Gasteiger partial charge in [-0.15, -0.1) is 0 Å². The molecule has 0 saturated heterocycles. The van der Waals surface area contributed by atoms with Crippen molar-refractivity contribution < 1.29 is 19.5 Å². The maximum Gasteiger partial charge on any atom is 0.267 e. The van der Waals surface area contributed by atoms with Gasteiger partial charge in [0.15, 0.2) is 0 Å². The summed E-state index contributed by atoms with van der Waals surface area (Å²) in [4.78, 5) is 19.9. The normalized spacial score (nSPS) is 14.5. The van der Waals surface area contributed by atoms with Crippen molar-refractivity contribution in [3.8, 4) is 11.5 Å². The van der Waals surface area contributed by atoms with E-state index in [9.17, 15) is 4.79 Å². The second-order valence-electron chi connectivity index (χ2n) is 11.3. The molecule has 232 valence electrons. The average Bonchev–Trinajstić information content (AvgIpc) is 3.68. The van der Waals surface area contributed by atoms with Crippen LogP contribution in [0.2, 0.25) is 0 Å². The van der Waals surface area contributed by atoms with Crippen LogP contribution >= 0.6 is 0 Å². The largest absolute Gasteiger partial charge is 0.497 e. The van der Waals surface area contributed by atoms with E-state index in [0.717, 1.165) is 74.6 Å². The average molecular weight is 597 g/mol. The van der Waals surface area contributed by atoms with Crippen molar-refractivity contribution >= 4 is 22.9 Å². The number of aryl methyl sites for hydroxylation is 1. The van der Waals surface area contributed by atoms with Gasteiger partial charge in [-0.05, 0) is 90.5 Å². The van der Waals surface area contributed by atoms with E-state index >= 15 is 0 Å². The van der Waals surface area contributed by atoms with Crippen molar-refractivity contribution in [3.63, 3.8) is 0 Å². The van der Waals surface area contributed by atoms with Crippen LogP contribution < -0.4 is 15.0 Å². The molecule has 1 aliphatic rings. The number of ether oxygens (including phenoxy) is 2. The SMILES string of the molecule is CCN(CC)CCOc1ccc(CN(CCc2c[nH]c3cc(OC)ccc23)C2CCc3cc(C=CC(=O)NO)ccc32)cc1. The van der Waals surface area contributed by atoms with Gasteiger partial charge in [-0.1, -0.05) is 44.2 Å². The maximum atomic E-state index is 11.5. The van der Waals surface area contributed by atoms with E-state index in [-0.39, 0.29) is 0 Å². The number of nitrogens with one attached hydrogen (secondary N) is 2. The Balaban J connectivity index is 1.33. The van der Waals surface area contributed by atoms with Gasteiger partial charge in [-0.25, -0.2) is 5.48 Å². The Kier molecular flexibility index (Phi) is 10.7. The summed E-state index contributed by atoms with van der Waals surface area (Å²) in [5, 5.41) is 10.0. The lowest BCUT2D eigenvalue weighted by Gasteiger charge is -2.30. The number of fused-ring (bicyclic) bond motifs is 2. The predicted octanol–water partition coefficient (Wildman–Crippen LogP) is 6.15. The van der Waals surface area contributed by atoms with Gasteiger partial charge in [0.05, 0.1) is 7.11 Å². The summed E-state index contributed by atoms with van der Waals surface area (Å²) in [6.45, 7) is 9.77. The summed E-state index contributed by atoms with van der Waals surface area (Å²) >= 11 is 0. The van der Waals surface area contributed by atoms with Gasteiger partial charge >= 0.3 is 0 Å². The summed E-state index contributed by atoms with van der Waals surface area (Å²) in [5.41, 5.74) is 8.89. The van der Waals surface area contributed by atoms with Crippen molar-refractivity contribution in [2.45, 2.75) is 45.7 Å². The van der Waals surface area contributed by atoms with Crippen LogP contribution in [0.15, 0.2) is 72.9 Å². The number of amides is 1. The molecule has 1 aliphatic carbocycles. The van der Waals surface area contributed by atoms with E-state index in [1.54, 1.807) is 18.7 Å². The molecule has 44 heavy (non-hydrogen) atoms. The first-order valence-corrected chi connectivity index (χ1v) is 15.6. The van der Waals surface area contributed by atoms with Crippen molar-refractivity contribution in [1.82, 2.24) is 20.3 Å². The Morgan fingerprint density at radius 3 is 2.59 bits per heavy atom. The Morgan fingerprint density at radius 1 is 1.05 bits per heavy atom. The van der Waals surface area contributed by atoms with Crippen LogP contribution in [0.3, 0.4) is 0 Å². The molecule has 5 rings (SSSR count). The van der Waals surface area contributed by atoms with Crippen molar-refractivity contribution in [2.24, 2.45) is 0 Å². The molecule has 8 heteroatoms. The number of aromatic amines is 1. The minimum absolute atomic E-state index is 0.291. The zero-order valence-electron chi connectivity index (χ0n) is 26.0. The molecule has 0 aliphatic heterocycles. The van der Waals surface area contributed by atoms with E-state index in [2.05, 4.69) is 77.3 Å². The highest BCUT2D eigenvalue weighted by Crippen LogP contribution is 2.38. The van der Waals surface area contributed by atoms with E-state index in [1.165, 1.54) is 33.7 Å². The standard InChI is InChI=1S/C36H44N4O4/c1-4-39(5-2)20-21-44-30-11-6-27(7-12-30)25-40(19-18-29-24-37-34-23-31(43-3)13-15-32(29)34)35-16-10-28-22-26(8-14-33(28)35)9-17-36(41)38-42/h6-9,11-15,17,22-24,35,37,42H,4-5,10,16,18-21,25H2,1-3H3,(H,38,41). The molecule has 1 unspecified atom stereocenters. The van der Waals surface area contributed by atoms with E-state index in [4.69, 9.17) is 14.7 Å². The van der Waals surface area contributed by atoms with Crippen LogP contribution in [0.5, 0.6) is 11.5 Å². The highest BCUT2D eigenvalue weighted by atomic mass is 16.5. The van der Waals surface area contributed by atoms with Crippen LogP contribution in [0.4, 0.5) is 0 Å². The van der Waals surface area contributed by atoms with Crippen LogP contribution in [-0.4, -0.2) is 65.8 Å². The Morgan fingerprint density at radius 2 is 1.84 bits per heavy atom. The van der Waals surface area contributed by atoms with Crippen LogP contribution in [-0.2, 0) is 24.2 Å². The van der Waals surface area contributed by atoms with Gasteiger partial charge in [0.1, 0.15) is 18.1 Å². The highest BCUT2D eigenvalue weighted by Gasteiger charge is 2.28. The van der Waals surface area contributed by atoms with Crippen LogP contribution in [0.1, 0.15) is 54.1 Å². The lowest BCUT2D eigenvalue weighted by Crippen LogP contribution is -2.29. The molecule has 0 radical (unpaired) electrons. The molecule has 1 amide bonds. The molecule has 0 bridgehead atoms. The van der Waals surface area contributed by atoms with Crippen LogP contribution in [0, 0.1) is 0 Å². The van der Waals surface area contributed by atoms with Gasteiger partial charge in [0, 0.05) is 54.9 Å². The summed E-state index contributed by atoms with van der Waals surface area (Å²) in [7, 11) is 1.69. The third-order valence-electron chi connectivity index (χ3n) is 8.71. The number of benzene rings is 3. The lowest BCUT2D eigenvalue weighted by molar-refractivity contribution is -0.124. The van der Waals surface area contributed by atoms with Gasteiger partial charge in [0.2, 0.25) is 0 Å². The summed E-state index contributed by atoms with van der Waals surface area (Å²) < 4.78 is 11.5. The van der Waals surface area contributed by atoms with Gasteiger partial charge in [-0.3, -0.25) is 14.9 Å². The van der Waals surface area contributed by atoms with E-state index in [1.807, 2.05) is 18.2 Å². The Hall–Kier alpha value is -4.11. The number of likely N-dealkylation sites (N-methyl/N-ethyl adjacent to an activating group) is 1. The number of hydrogen-bond donors (Lipinski definition) is 3. The highest BCUT2D eigenvalue weighted by molar-refractivity contribution is 5.90. The minimum atomic E-state index is -0.536. The van der Waals surface area contributed by atoms with Crippen molar-refractivity contribution in [1.29, 1.82) is 0 Å². The van der Waals surface area contributed by atoms with Crippen LogP contribution in [0.25, 0.3) is 17.0 Å². The molecule has 4 aromatic rings. The first kappa shape index (κ1) is 31.3. The third-order valence-corrected chi connectivity index (χ3v) is 8.71. The van der Waals surface area contributed by atoms with Gasteiger partial charge < -0.3 is 19.4 Å². The first-order valence-electron chi connectivity index (χ1n) is 15.6. The minimum Gasteiger partial charge on any atom is -0.497 e. The first-order chi connectivity index (χ1) is 21.5. The second kappa shape index (κ2) is 15.1. The molecule has 0 spiro atoms.